The number of piperazine rings is 1. The van der Waals surface area contributed by atoms with Crippen molar-refractivity contribution in [1.82, 2.24) is 15.1 Å². The lowest BCUT2D eigenvalue weighted by Crippen LogP contribution is -2.49. The second kappa shape index (κ2) is 7.25. The van der Waals surface area contributed by atoms with Gasteiger partial charge in [0.05, 0.1) is 0 Å². The molecule has 1 atom stereocenters. The molecule has 0 saturated carbocycles. The van der Waals surface area contributed by atoms with Crippen molar-refractivity contribution in [3.63, 3.8) is 0 Å². The molecule has 4 heteroatoms. The quantitative estimate of drug-likeness (QED) is 0.812. The number of nitrogens with zero attached hydrogens (tertiary/aromatic N) is 2. The van der Waals surface area contributed by atoms with Gasteiger partial charge in [-0.05, 0) is 44.3 Å². The van der Waals surface area contributed by atoms with E-state index in [1.165, 1.54) is 19.4 Å². The summed E-state index contributed by atoms with van der Waals surface area (Å²) in [5.74, 6) is 1.72. The molecule has 1 N–H and O–H groups in total. The molecule has 0 bridgehead atoms. The fourth-order valence-electron chi connectivity index (χ4n) is 2.93. The summed E-state index contributed by atoms with van der Waals surface area (Å²) in [5, 5.41) is 3.34. The number of hydrogen-bond donors (Lipinski definition) is 1. The van der Waals surface area contributed by atoms with E-state index in [4.69, 9.17) is 0 Å². The van der Waals surface area contributed by atoms with Gasteiger partial charge in [-0.15, -0.1) is 0 Å². The van der Waals surface area contributed by atoms with Gasteiger partial charge >= 0.3 is 0 Å². The minimum absolute atomic E-state index is 0.372. The van der Waals surface area contributed by atoms with Crippen LogP contribution in [0.5, 0.6) is 0 Å². The van der Waals surface area contributed by atoms with Crippen LogP contribution in [0.1, 0.15) is 33.1 Å². The summed E-state index contributed by atoms with van der Waals surface area (Å²) in [4.78, 5) is 16.8. The third-order valence-electron chi connectivity index (χ3n) is 4.37. The highest BCUT2D eigenvalue weighted by atomic mass is 16.2. The van der Waals surface area contributed by atoms with E-state index >= 15 is 0 Å². The van der Waals surface area contributed by atoms with Crippen LogP contribution >= 0.6 is 0 Å². The summed E-state index contributed by atoms with van der Waals surface area (Å²) in [6.45, 7) is 11.8. The van der Waals surface area contributed by atoms with Crippen molar-refractivity contribution < 1.29 is 4.79 Å². The van der Waals surface area contributed by atoms with Crippen molar-refractivity contribution in [2.75, 3.05) is 45.8 Å². The minimum Gasteiger partial charge on any atom is -0.340 e. The maximum Gasteiger partial charge on any atom is 0.222 e. The second-order valence-corrected chi connectivity index (χ2v) is 6.47. The van der Waals surface area contributed by atoms with Gasteiger partial charge in [-0.2, -0.15) is 0 Å². The predicted molar refractivity (Wildman–Crippen MR) is 78.1 cm³/mol. The summed E-state index contributed by atoms with van der Waals surface area (Å²) in [7, 11) is 0. The average Bonchev–Trinajstić information content (AvgIpc) is 2.89. The van der Waals surface area contributed by atoms with E-state index in [0.29, 0.717) is 11.8 Å². The molecular formula is C15H29N3O. The van der Waals surface area contributed by atoms with E-state index in [2.05, 4.69) is 29.0 Å². The highest BCUT2D eigenvalue weighted by Gasteiger charge is 2.24. The molecule has 2 saturated heterocycles. The second-order valence-electron chi connectivity index (χ2n) is 6.47. The van der Waals surface area contributed by atoms with Gasteiger partial charge in [0.2, 0.25) is 5.91 Å². The van der Waals surface area contributed by atoms with Crippen molar-refractivity contribution in [2.45, 2.75) is 33.1 Å². The van der Waals surface area contributed by atoms with Gasteiger partial charge in [0.25, 0.3) is 0 Å². The zero-order valence-corrected chi connectivity index (χ0v) is 12.5. The van der Waals surface area contributed by atoms with E-state index in [0.717, 1.165) is 51.6 Å². The molecule has 0 radical (unpaired) electrons. The molecule has 1 unspecified atom stereocenters. The molecule has 2 aliphatic heterocycles. The van der Waals surface area contributed by atoms with Crippen LogP contribution in [-0.4, -0.2) is 61.5 Å². The molecule has 110 valence electrons. The first-order valence-electron chi connectivity index (χ1n) is 7.86. The number of nitrogens with one attached hydrogen (secondary N) is 1. The summed E-state index contributed by atoms with van der Waals surface area (Å²) < 4.78 is 0. The van der Waals surface area contributed by atoms with Crippen LogP contribution in [0.4, 0.5) is 0 Å². The summed E-state index contributed by atoms with van der Waals surface area (Å²) >= 11 is 0. The number of amides is 1. The van der Waals surface area contributed by atoms with Crippen LogP contribution in [0, 0.1) is 11.8 Å². The Hall–Kier alpha value is -0.610. The Bertz CT molecular complexity index is 279. The SMILES string of the molecule is CC(C)CCN1CCN(C(=O)CC2CCNC2)CC1. The van der Waals surface area contributed by atoms with E-state index < -0.39 is 0 Å². The van der Waals surface area contributed by atoms with Gasteiger partial charge in [-0.1, -0.05) is 13.8 Å². The van der Waals surface area contributed by atoms with Crippen LogP contribution < -0.4 is 5.32 Å². The number of carbonyl (C=O) groups excluding carboxylic acids is 1. The molecule has 2 aliphatic rings. The van der Waals surface area contributed by atoms with Crippen LogP contribution in [0.15, 0.2) is 0 Å². The fourth-order valence-corrected chi connectivity index (χ4v) is 2.93. The van der Waals surface area contributed by atoms with Gasteiger partial charge in [0.15, 0.2) is 0 Å². The maximum absolute atomic E-state index is 12.2. The smallest absolute Gasteiger partial charge is 0.222 e. The van der Waals surface area contributed by atoms with E-state index in [9.17, 15) is 4.79 Å². The monoisotopic (exact) mass is 267 g/mol. The molecule has 2 heterocycles. The normalized spacial score (nSPS) is 25.2. The van der Waals surface area contributed by atoms with E-state index in [-0.39, 0.29) is 0 Å². The number of hydrogen-bond acceptors (Lipinski definition) is 3. The Morgan fingerprint density at radius 1 is 1.26 bits per heavy atom. The lowest BCUT2D eigenvalue weighted by Gasteiger charge is -2.35. The Balaban J connectivity index is 1.65. The summed E-state index contributed by atoms with van der Waals surface area (Å²) in [6.07, 6.45) is 3.18. The molecule has 19 heavy (non-hydrogen) atoms. The first-order valence-corrected chi connectivity index (χ1v) is 7.86. The Morgan fingerprint density at radius 2 is 2.00 bits per heavy atom. The summed E-state index contributed by atoms with van der Waals surface area (Å²) in [5.41, 5.74) is 0. The number of rotatable bonds is 5. The lowest BCUT2D eigenvalue weighted by molar-refractivity contribution is -0.133. The minimum atomic E-state index is 0.372. The maximum atomic E-state index is 12.2. The van der Waals surface area contributed by atoms with Gasteiger partial charge < -0.3 is 10.2 Å². The highest BCUT2D eigenvalue weighted by molar-refractivity contribution is 5.76. The topological polar surface area (TPSA) is 35.6 Å². The van der Waals surface area contributed by atoms with Crippen molar-refractivity contribution in [3.8, 4) is 0 Å². The zero-order valence-electron chi connectivity index (χ0n) is 12.5. The van der Waals surface area contributed by atoms with Gasteiger partial charge in [0.1, 0.15) is 0 Å². The van der Waals surface area contributed by atoms with Crippen LogP contribution in [0.2, 0.25) is 0 Å². The first-order chi connectivity index (χ1) is 9.15. The third kappa shape index (κ3) is 4.77. The van der Waals surface area contributed by atoms with Crippen LogP contribution in [0.25, 0.3) is 0 Å². The average molecular weight is 267 g/mol. The third-order valence-corrected chi connectivity index (χ3v) is 4.37. The molecule has 0 aromatic rings. The van der Waals surface area contributed by atoms with E-state index in [1.807, 2.05) is 0 Å². The fraction of sp³-hybridized carbons (Fsp3) is 0.933. The van der Waals surface area contributed by atoms with Crippen LogP contribution in [0.3, 0.4) is 0 Å². The Kier molecular flexibility index (Phi) is 5.64. The van der Waals surface area contributed by atoms with Crippen molar-refractivity contribution >= 4 is 5.91 Å². The largest absolute Gasteiger partial charge is 0.340 e. The van der Waals surface area contributed by atoms with Crippen LogP contribution in [-0.2, 0) is 4.79 Å². The molecule has 4 nitrogen and oxygen atoms in total. The van der Waals surface area contributed by atoms with Gasteiger partial charge in [-0.3, -0.25) is 9.69 Å². The Labute approximate surface area is 117 Å². The number of carbonyl (C=O) groups is 1. The van der Waals surface area contributed by atoms with Gasteiger partial charge in [-0.25, -0.2) is 0 Å². The predicted octanol–water partition coefficient (Wildman–Crippen LogP) is 1.18. The molecule has 0 aromatic carbocycles. The van der Waals surface area contributed by atoms with Crippen molar-refractivity contribution in [1.29, 1.82) is 0 Å². The van der Waals surface area contributed by atoms with Gasteiger partial charge in [0, 0.05) is 32.6 Å². The molecule has 0 aliphatic carbocycles. The molecule has 2 rings (SSSR count). The lowest BCUT2D eigenvalue weighted by atomic mass is 10.0. The Morgan fingerprint density at radius 3 is 2.58 bits per heavy atom. The standard InChI is InChI=1S/C15H29N3O/c1-13(2)4-6-17-7-9-18(10-8-17)15(19)11-14-3-5-16-12-14/h13-14,16H,3-12H2,1-2H3. The van der Waals surface area contributed by atoms with Crippen molar-refractivity contribution in [3.05, 3.63) is 0 Å². The molecular weight excluding hydrogens is 238 g/mol. The molecule has 2 fully saturated rings. The molecule has 0 aromatic heterocycles. The molecule has 0 spiro atoms. The first kappa shape index (κ1) is 14.8. The highest BCUT2D eigenvalue weighted by Crippen LogP contribution is 2.15. The van der Waals surface area contributed by atoms with E-state index in [1.54, 1.807) is 0 Å². The molecule has 1 amide bonds. The summed E-state index contributed by atoms with van der Waals surface area (Å²) in [6, 6.07) is 0. The zero-order chi connectivity index (χ0) is 13.7. The van der Waals surface area contributed by atoms with Crippen molar-refractivity contribution in [2.24, 2.45) is 11.8 Å².